The van der Waals surface area contributed by atoms with Gasteiger partial charge in [-0.2, -0.15) is 0 Å². The average Bonchev–Trinajstić information content (AvgIpc) is 2.33. The Morgan fingerprint density at radius 1 is 0.733 bits per heavy atom. The molecule has 0 spiro atoms. The van der Waals surface area contributed by atoms with Crippen LogP contribution in [0.2, 0.25) is 0 Å². The zero-order valence-electron chi connectivity index (χ0n) is 8.51. The van der Waals surface area contributed by atoms with Crippen LogP contribution in [0.25, 0.3) is 0 Å². The Morgan fingerprint density at radius 3 is 1.47 bits per heavy atom. The van der Waals surface area contributed by atoms with Crippen LogP contribution in [0.4, 0.5) is 0 Å². The van der Waals surface area contributed by atoms with Gasteiger partial charge in [-0.1, -0.05) is 60.7 Å². The van der Waals surface area contributed by atoms with Crippen molar-refractivity contribution in [3.63, 3.8) is 0 Å². The lowest BCUT2D eigenvalue weighted by Crippen LogP contribution is -2.09. The highest BCUT2D eigenvalue weighted by atomic mass is 28.2. The molecule has 76 valence electrons. The molecular weight excluding hydrogens is 200 g/mol. The summed E-state index contributed by atoms with van der Waals surface area (Å²) < 4.78 is 0. The van der Waals surface area contributed by atoms with Gasteiger partial charge in [-0.05, 0) is 11.1 Å². The summed E-state index contributed by atoms with van der Waals surface area (Å²) in [6.07, 6.45) is 0. The fraction of sp³-hybridized carbons (Fsp3) is 0.0769. The highest BCUT2D eigenvalue weighted by Gasteiger charge is 2.12. The number of benzene rings is 2. The lowest BCUT2D eigenvalue weighted by molar-refractivity contribution is 0.591. The average molecular weight is 214 g/mol. The minimum absolute atomic E-state index is 0.229. The van der Waals surface area contributed by atoms with Crippen molar-refractivity contribution in [2.45, 2.75) is 5.54 Å². The van der Waals surface area contributed by atoms with Gasteiger partial charge in [-0.15, -0.1) is 0 Å². The van der Waals surface area contributed by atoms with E-state index in [1.54, 1.807) is 0 Å². The maximum atomic E-state index is 9.57. The molecule has 0 saturated heterocycles. The normalized spacial score (nSPS) is 11.3. The standard InChI is InChI=1S/C13H14OSi/c14-15-13(11-7-3-1-4-8-11)12-9-5-2-6-10-12/h1-10,13-14H,15H2. The molecule has 0 aliphatic carbocycles. The van der Waals surface area contributed by atoms with Crippen LogP contribution in [0.1, 0.15) is 16.7 Å². The molecule has 0 bridgehead atoms. The second kappa shape index (κ2) is 4.91. The maximum Gasteiger partial charge on any atom is 0.168 e. The molecule has 15 heavy (non-hydrogen) atoms. The Kier molecular flexibility index (Phi) is 3.32. The minimum Gasteiger partial charge on any atom is -0.437 e. The first-order chi connectivity index (χ1) is 7.42. The van der Waals surface area contributed by atoms with Gasteiger partial charge in [0.15, 0.2) is 9.76 Å². The molecule has 0 aliphatic heterocycles. The third-order valence-corrected chi connectivity index (χ3v) is 3.89. The van der Waals surface area contributed by atoms with E-state index >= 15 is 0 Å². The van der Waals surface area contributed by atoms with Crippen LogP contribution < -0.4 is 0 Å². The molecule has 2 heteroatoms. The fourth-order valence-electron chi connectivity index (χ4n) is 1.77. The third kappa shape index (κ3) is 2.35. The van der Waals surface area contributed by atoms with Crippen molar-refractivity contribution >= 4 is 9.76 Å². The highest BCUT2D eigenvalue weighted by Crippen LogP contribution is 2.22. The van der Waals surface area contributed by atoms with Gasteiger partial charge in [0, 0.05) is 5.54 Å². The summed E-state index contributed by atoms with van der Waals surface area (Å²) in [4.78, 5) is 9.57. The van der Waals surface area contributed by atoms with Crippen molar-refractivity contribution in [2.75, 3.05) is 0 Å². The van der Waals surface area contributed by atoms with Crippen molar-refractivity contribution in [1.82, 2.24) is 0 Å². The first-order valence-corrected chi connectivity index (χ1v) is 6.57. The van der Waals surface area contributed by atoms with E-state index in [4.69, 9.17) is 0 Å². The molecule has 0 atom stereocenters. The van der Waals surface area contributed by atoms with Crippen LogP contribution in [0.5, 0.6) is 0 Å². The van der Waals surface area contributed by atoms with E-state index in [-0.39, 0.29) is 5.54 Å². The lowest BCUT2D eigenvalue weighted by atomic mass is 10.0. The smallest absolute Gasteiger partial charge is 0.168 e. The zero-order valence-corrected chi connectivity index (χ0v) is 9.92. The Balaban J connectivity index is 2.34. The van der Waals surface area contributed by atoms with Crippen molar-refractivity contribution in [2.24, 2.45) is 0 Å². The Morgan fingerprint density at radius 2 is 1.13 bits per heavy atom. The van der Waals surface area contributed by atoms with Gasteiger partial charge in [0.05, 0.1) is 0 Å². The third-order valence-electron chi connectivity index (χ3n) is 2.59. The molecular formula is C13H14OSi. The number of hydrogen-bond donors (Lipinski definition) is 1. The largest absolute Gasteiger partial charge is 0.437 e. The summed E-state index contributed by atoms with van der Waals surface area (Å²) in [7, 11) is -1.07. The molecule has 2 rings (SSSR count). The summed E-state index contributed by atoms with van der Waals surface area (Å²) in [5.74, 6) is 0. The van der Waals surface area contributed by atoms with Crippen molar-refractivity contribution in [1.29, 1.82) is 0 Å². The molecule has 1 N–H and O–H groups in total. The topological polar surface area (TPSA) is 20.2 Å². The molecule has 0 radical (unpaired) electrons. The zero-order chi connectivity index (χ0) is 10.5. The predicted molar refractivity (Wildman–Crippen MR) is 65.5 cm³/mol. The van der Waals surface area contributed by atoms with Crippen LogP contribution >= 0.6 is 0 Å². The van der Waals surface area contributed by atoms with E-state index in [9.17, 15) is 4.80 Å². The molecule has 0 heterocycles. The van der Waals surface area contributed by atoms with Crippen molar-refractivity contribution in [3.05, 3.63) is 71.8 Å². The summed E-state index contributed by atoms with van der Waals surface area (Å²) in [6.45, 7) is 0. The fourth-order valence-corrected chi connectivity index (χ4v) is 2.74. The van der Waals surface area contributed by atoms with Gasteiger partial charge in [0.1, 0.15) is 0 Å². The molecule has 0 amide bonds. The van der Waals surface area contributed by atoms with Crippen LogP contribution in [-0.4, -0.2) is 14.6 Å². The summed E-state index contributed by atoms with van der Waals surface area (Å²) in [6, 6.07) is 20.4. The van der Waals surface area contributed by atoms with Gasteiger partial charge in [-0.25, -0.2) is 0 Å². The van der Waals surface area contributed by atoms with Gasteiger partial charge in [-0.3, -0.25) is 0 Å². The predicted octanol–water partition coefficient (Wildman–Crippen LogP) is 1.85. The quantitative estimate of drug-likeness (QED) is 0.773. The molecule has 0 fully saturated rings. The molecule has 2 aromatic rings. The first kappa shape index (κ1) is 10.1. The van der Waals surface area contributed by atoms with E-state index in [2.05, 4.69) is 24.3 Å². The van der Waals surface area contributed by atoms with Gasteiger partial charge in [0.25, 0.3) is 0 Å². The molecule has 0 aromatic heterocycles. The van der Waals surface area contributed by atoms with E-state index in [1.807, 2.05) is 36.4 Å². The SMILES string of the molecule is O[SiH2]C(c1ccccc1)c1ccccc1. The van der Waals surface area contributed by atoms with Gasteiger partial charge < -0.3 is 4.80 Å². The van der Waals surface area contributed by atoms with Crippen LogP contribution in [-0.2, 0) is 0 Å². The van der Waals surface area contributed by atoms with Gasteiger partial charge >= 0.3 is 0 Å². The Hall–Kier alpha value is -1.38. The number of rotatable bonds is 3. The van der Waals surface area contributed by atoms with Crippen molar-refractivity contribution < 1.29 is 4.80 Å². The molecule has 0 aliphatic rings. The molecule has 1 nitrogen and oxygen atoms in total. The summed E-state index contributed by atoms with van der Waals surface area (Å²) in [5, 5.41) is 0. The Labute approximate surface area is 92.3 Å². The van der Waals surface area contributed by atoms with Crippen LogP contribution in [0.15, 0.2) is 60.7 Å². The van der Waals surface area contributed by atoms with E-state index in [0.717, 1.165) is 0 Å². The van der Waals surface area contributed by atoms with Crippen molar-refractivity contribution in [3.8, 4) is 0 Å². The lowest BCUT2D eigenvalue weighted by Gasteiger charge is -2.14. The summed E-state index contributed by atoms with van der Waals surface area (Å²) >= 11 is 0. The summed E-state index contributed by atoms with van der Waals surface area (Å²) in [5.41, 5.74) is 2.67. The second-order valence-electron chi connectivity index (χ2n) is 3.56. The first-order valence-electron chi connectivity index (χ1n) is 5.12. The van der Waals surface area contributed by atoms with E-state index in [0.29, 0.717) is 0 Å². The highest BCUT2D eigenvalue weighted by molar-refractivity contribution is 6.29. The monoisotopic (exact) mass is 214 g/mol. The molecule has 2 aromatic carbocycles. The molecule has 0 saturated carbocycles. The Bertz CT molecular complexity index is 360. The van der Waals surface area contributed by atoms with E-state index < -0.39 is 9.76 Å². The maximum absolute atomic E-state index is 9.57. The minimum atomic E-state index is -1.07. The van der Waals surface area contributed by atoms with E-state index in [1.165, 1.54) is 11.1 Å². The number of hydrogen-bond acceptors (Lipinski definition) is 1. The second-order valence-corrected chi connectivity index (χ2v) is 4.74. The van der Waals surface area contributed by atoms with Crippen LogP contribution in [0, 0.1) is 0 Å². The molecule has 0 unspecified atom stereocenters. The van der Waals surface area contributed by atoms with Crippen LogP contribution in [0.3, 0.4) is 0 Å². The van der Waals surface area contributed by atoms with Gasteiger partial charge in [0.2, 0.25) is 0 Å².